The highest BCUT2D eigenvalue weighted by Crippen LogP contribution is 2.58. The van der Waals surface area contributed by atoms with E-state index in [1.165, 1.54) is 75.3 Å². The van der Waals surface area contributed by atoms with Gasteiger partial charge in [0.2, 0.25) is 0 Å². The van der Waals surface area contributed by atoms with Crippen LogP contribution in [-0.4, -0.2) is 15.0 Å². The number of hydrogen-bond donors (Lipinski definition) is 0. The van der Waals surface area contributed by atoms with Crippen molar-refractivity contribution in [3.05, 3.63) is 102 Å². The van der Waals surface area contributed by atoms with Gasteiger partial charge in [0, 0.05) is 27.5 Å². The Hall–Kier alpha value is -4.82. The summed E-state index contributed by atoms with van der Waals surface area (Å²) in [4.78, 5) is 15.9. The van der Waals surface area contributed by atoms with Crippen LogP contribution in [-0.2, 0) is 10.8 Å². The lowest BCUT2D eigenvalue weighted by Gasteiger charge is -2.52. The normalized spacial score (nSPS) is 30.3. The number of nitrogens with zero attached hydrogens (tertiary/aromatic N) is 4. The van der Waals surface area contributed by atoms with Crippen LogP contribution < -0.4 is 0 Å². The minimum Gasteiger partial charge on any atom is -0.455 e. The fraction of sp³-hybridized carbons (Fsp3) is 0.440. The Balaban J connectivity index is 1.19. The SMILES string of the molecule is C[C@@H]1C[C@@H]2C[C@H](C)CC(c3cc(-c4nc(-c5ccccc5)nc(-c5ccc6oc7c(C#N)cccc7c6c5)n4)cc(C45C[C@H](C)C[C@H](C[C@H](C)C4)C5)c3)(C1)C2. The van der Waals surface area contributed by atoms with Gasteiger partial charge in [-0.15, -0.1) is 0 Å². The summed E-state index contributed by atoms with van der Waals surface area (Å²) in [6.45, 7) is 10.0. The van der Waals surface area contributed by atoms with E-state index in [2.05, 4.69) is 82.3 Å². The van der Waals surface area contributed by atoms with Crippen LogP contribution in [0.4, 0.5) is 0 Å². The van der Waals surface area contributed by atoms with Gasteiger partial charge in [0.25, 0.3) is 0 Å². The van der Waals surface area contributed by atoms with Crippen LogP contribution in [0, 0.1) is 46.8 Å². The van der Waals surface area contributed by atoms with E-state index in [-0.39, 0.29) is 10.8 Å². The molecule has 4 aliphatic carbocycles. The molecule has 4 fully saturated rings. The molecule has 55 heavy (non-hydrogen) atoms. The molecular weight excluding hydrogens is 673 g/mol. The van der Waals surface area contributed by atoms with E-state index in [1.807, 2.05) is 36.4 Å². The van der Waals surface area contributed by atoms with Crippen molar-refractivity contribution in [3.8, 4) is 40.2 Å². The first kappa shape index (κ1) is 34.7. The standard InChI is InChI=1S/C50H52N4O/c1-30-15-34-16-31(2)24-49(23-30,27-34)40-19-39(20-41(22-40)50-25-32(3)17-35(28-50)18-33(4)26-50)48-53-46(36-9-6-5-7-10-36)52-47(54-48)37-13-14-44-43(21-37)42-12-8-11-38(29-51)45(42)55-44/h5-14,19-22,30-35H,15-18,23-28H2,1-4H3/t30-,31+,32-,33+,34-,35-,49?,50?. The third-order valence-corrected chi connectivity index (χ3v) is 14.2. The molecule has 0 amide bonds. The largest absolute Gasteiger partial charge is 0.455 e. The zero-order valence-electron chi connectivity index (χ0n) is 32.8. The van der Waals surface area contributed by atoms with E-state index in [4.69, 9.17) is 19.4 Å². The van der Waals surface area contributed by atoms with Crippen molar-refractivity contribution in [2.45, 2.75) is 103 Å². The summed E-state index contributed by atoms with van der Waals surface area (Å²) < 4.78 is 6.21. The molecule has 4 bridgehead atoms. The Morgan fingerprint density at radius 3 is 1.65 bits per heavy atom. The van der Waals surface area contributed by atoms with Crippen molar-refractivity contribution in [1.82, 2.24) is 15.0 Å². The molecule has 0 aliphatic heterocycles. The number of hydrogen-bond acceptors (Lipinski definition) is 5. The van der Waals surface area contributed by atoms with Gasteiger partial charge in [-0.05, 0) is 158 Å². The molecule has 2 aromatic heterocycles. The average Bonchev–Trinajstić information content (AvgIpc) is 3.55. The van der Waals surface area contributed by atoms with Crippen LogP contribution in [0.1, 0.15) is 109 Å². The maximum atomic E-state index is 9.79. The molecule has 0 saturated heterocycles. The highest BCUT2D eigenvalue weighted by molar-refractivity contribution is 6.07. The van der Waals surface area contributed by atoms with E-state index in [1.54, 1.807) is 0 Å². The molecule has 0 radical (unpaired) electrons. The van der Waals surface area contributed by atoms with E-state index in [0.29, 0.717) is 22.8 Å². The molecule has 10 rings (SSSR count). The molecule has 2 unspecified atom stereocenters. The van der Waals surface area contributed by atoms with Gasteiger partial charge in [-0.3, -0.25) is 0 Å². The van der Waals surface area contributed by atoms with Crippen LogP contribution in [0.15, 0.2) is 89.3 Å². The summed E-state index contributed by atoms with van der Waals surface area (Å²) >= 11 is 0. The van der Waals surface area contributed by atoms with E-state index >= 15 is 0 Å². The number of rotatable bonds is 5. The van der Waals surface area contributed by atoms with Crippen molar-refractivity contribution < 1.29 is 4.42 Å². The van der Waals surface area contributed by atoms with Crippen LogP contribution in [0.2, 0.25) is 0 Å². The number of nitriles is 1. The summed E-state index contributed by atoms with van der Waals surface area (Å²) in [5.74, 6) is 6.62. The van der Waals surface area contributed by atoms with E-state index in [0.717, 1.165) is 74.4 Å². The molecule has 0 N–H and O–H groups in total. The highest BCUT2D eigenvalue weighted by atomic mass is 16.3. The second-order valence-electron chi connectivity index (χ2n) is 19.0. The van der Waals surface area contributed by atoms with Crippen LogP contribution in [0.5, 0.6) is 0 Å². The summed E-state index contributed by atoms with van der Waals surface area (Å²) in [6.07, 6.45) is 13.1. The molecule has 6 aromatic rings. The van der Waals surface area contributed by atoms with Crippen LogP contribution in [0.3, 0.4) is 0 Å². The van der Waals surface area contributed by atoms with E-state index in [9.17, 15) is 5.26 Å². The zero-order chi connectivity index (χ0) is 37.5. The van der Waals surface area contributed by atoms with Crippen molar-refractivity contribution in [1.29, 1.82) is 5.26 Å². The maximum Gasteiger partial charge on any atom is 0.164 e. The quantitative estimate of drug-likeness (QED) is 0.177. The fourth-order valence-electron chi connectivity index (χ4n) is 12.9. The van der Waals surface area contributed by atoms with Gasteiger partial charge in [0.05, 0.1) is 5.56 Å². The second kappa shape index (κ2) is 13.1. The Kier molecular flexibility index (Phi) is 8.28. The number of aromatic nitrogens is 3. The van der Waals surface area contributed by atoms with Gasteiger partial charge in [-0.2, -0.15) is 5.26 Å². The minimum absolute atomic E-state index is 0.190. The summed E-state index contributed by atoms with van der Waals surface area (Å²) in [6, 6.07) is 32.3. The lowest BCUT2D eigenvalue weighted by molar-refractivity contribution is 0.0738. The third-order valence-electron chi connectivity index (χ3n) is 14.2. The number of benzene rings is 4. The Morgan fingerprint density at radius 2 is 1.09 bits per heavy atom. The average molecular weight is 725 g/mol. The fourth-order valence-corrected chi connectivity index (χ4v) is 12.9. The lowest BCUT2D eigenvalue weighted by atomic mass is 9.52. The predicted molar refractivity (Wildman–Crippen MR) is 221 cm³/mol. The number of para-hydroxylation sites is 1. The highest BCUT2D eigenvalue weighted by Gasteiger charge is 2.48. The Labute approximate surface area is 325 Å². The Morgan fingerprint density at radius 1 is 0.545 bits per heavy atom. The second-order valence-corrected chi connectivity index (χ2v) is 19.0. The zero-order valence-corrected chi connectivity index (χ0v) is 32.8. The molecule has 5 nitrogen and oxygen atoms in total. The smallest absolute Gasteiger partial charge is 0.164 e. The summed E-state index contributed by atoms with van der Waals surface area (Å²) in [7, 11) is 0. The van der Waals surface area contributed by atoms with Gasteiger partial charge < -0.3 is 4.42 Å². The molecule has 278 valence electrons. The van der Waals surface area contributed by atoms with Crippen LogP contribution >= 0.6 is 0 Å². The maximum absolute atomic E-state index is 9.79. The number of furan rings is 1. The first-order valence-corrected chi connectivity index (χ1v) is 21.0. The van der Waals surface area contributed by atoms with Crippen LogP contribution in [0.25, 0.3) is 56.1 Å². The van der Waals surface area contributed by atoms with Gasteiger partial charge in [0.1, 0.15) is 11.7 Å². The Bertz CT molecular complexity index is 2370. The molecule has 8 atom stereocenters. The summed E-state index contributed by atoms with van der Waals surface area (Å²) in [5, 5.41) is 11.7. The van der Waals surface area contributed by atoms with Crippen molar-refractivity contribution in [2.24, 2.45) is 35.5 Å². The minimum atomic E-state index is 0.190. The third kappa shape index (κ3) is 6.08. The lowest BCUT2D eigenvalue weighted by Crippen LogP contribution is -2.44. The first-order valence-electron chi connectivity index (χ1n) is 21.0. The first-order chi connectivity index (χ1) is 26.7. The topological polar surface area (TPSA) is 75.6 Å². The molecule has 4 saturated carbocycles. The summed E-state index contributed by atoms with van der Waals surface area (Å²) in [5.41, 5.74) is 8.37. The van der Waals surface area contributed by atoms with Crippen molar-refractivity contribution in [2.75, 3.05) is 0 Å². The van der Waals surface area contributed by atoms with E-state index < -0.39 is 0 Å². The molecule has 4 aromatic carbocycles. The van der Waals surface area contributed by atoms with Gasteiger partial charge in [-0.1, -0.05) is 76.2 Å². The van der Waals surface area contributed by atoms with Gasteiger partial charge in [-0.25, -0.2) is 15.0 Å². The predicted octanol–water partition coefficient (Wildman–Crippen LogP) is 12.9. The number of fused-ring (bicyclic) bond motifs is 7. The molecule has 0 spiro atoms. The molecule has 2 heterocycles. The van der Waals surface area contributed by atoms with Crippen molar-refractivity contribution >= 4 is 21.9 Å². The van der Waals surface area contributed by atoms with Gasteiger partial charge >= 0.3 is 0 Å². The molecular formula is C50H52N4O. The molecule has 4 aliphatic rings. The molecule has 5 heteroatoms. The van der Waals surface area contributed by atoms with Crippen molar-refractivity contribution in [3.63, 3.8) is 0 Å². The monoisotopic (exact) mass is 724 g/mol. The van der Waals surface area contributed by atoms with Gasteiger partial charge in [0.15, 0.2) is 23.1 Å².